The molecule has 0 atom stereocenters. The second-order valence-corrected chi connectivity index (χ2v) is 8.76. The molecule has 32 heavy (non-hydrogen) atoms. The van der Waals surface area contributed by atoms with Crippen molar-refractivity contribution < 1.29 is 19.1 Å². The molecule has 2 aromatic carbocycles. The Balaban J connectivity index is 1.47. The lowest BCUT2D eigenvalue weighted by molar-refractivity contribution is -0.134. The summed E-state index contributed by atoms with van der Waals surface area (Å²) < 4.78 is 11.4. The SMILES string of the molecule is CCOc1cc(C(=O)NCCCSc2ccccc2)ccc1OCC(=O)N1CCCCC1. The highest BCUT2D eigenvalue weighted by Gasteiger charge is 2.18. The summed E-state index contributed by atoms with van der Waals surface area (Å²) in [5.74, 6) is 1.74. The lowest BCUT2D eigenvalue weighted by atomic mass is 10.1. The van der Waals surface area contributed by atoms with Crippen LogP contribution in [0.4, 0.5) is 0 Å². The van der Waals surface area contributed by atoms with Crippen molar-refractivity contribution in [2.45, 2.75) is 37.5 Å². The van der Waals surface area contributed by atoms with Crippen LogP contribution in [0.3, 0.4) is 0 Å². The third-order valence-electron chi connectivity index (χ3n) is 5.18. The van der Waals surface area contributed by atoms with Crippen LogP contribution >= 0.6 is 11.8 Å². The highest BCUT2D eigenvalue weighted by Crippen LogP contribution is 2.29. The van der Waals surface area contributed by atoms with Gasteiger partial charge in [-0.3, -0.25) is 9.59 Å². The molecule has 0 aromatic heterocycles. The molecule has 1 fully saturated rings. The second kappa shape index (κ2) is 13.0. The Kier molecular flexibility index (Phi) is 9.75. The van der Waals surface area contributed by atoms with Crippen LogP contribution in [-0.4, -0.2) is 55.3 Å². The van der Waals surface area contributed by atoms with Crippen molar-refractivity contribution in [1.82, 2.24) is 10.2 Å². The number of thioether (sulfide) groups is 1. The van der Waals surface area contributed by atoms with Crippen molar-refractivity contribution in [1.29, 1.82) is 0 Å². The normalized spacial score (nSPS) is 13.5. The number of hydrogen-bond acceptors (Lipinski definition) is 5. The van der Waals surface area contributed by atoms with Crippen molar-refractivity contribution in [2.75, 3.05) is 38.6 Å². The molecule has 1 aliphatic rings. The number of rotatable bonds is 11. The number of amides is 2. The minimum absolute atomic E-state index is 0.0117. The Labute approximate surface area is 194 Å². The van der Waals surface area contributed by atoms with Gasteiger partial charge in [0.15, 0.2) is 18.1 Å². The Hall–Kier alpha value is -2.67. The predicted molar refractivity (Wildman–Crippen MR) is 128 cm³/mol. The van der Waals surface area contributed by atoms with Crippen LogP contribution in [0.1, 0.15) is 43.0 Å². The highest BCUT2D eigenvalue weighted by atomic mass is 32.2. The van der Waals surface area contributed by atoms with Crippen LogP contribution in [0.15, 0.2) is 53.4 Å². The summed E-state index contributed by atoms with van der Waals surface area (Å²) in [5.41, 5.74) is 0.513. The van der Waals surface area contributed by atoms with Crippen molar-refractivity contribution in [3.63, 3.8) is 0 Å². The molecule has 172 valence electrons. The van der Waals surface area contributed by atoms with Crippen LogP contribution in [0.2, 0.25) is 0 Å². The zero-order valence-electron chi connectivity index (χ0n) is 18.7. The van der Waals surface area contributed by atoms with Crippen molar-refractivity contribution in [3.05, 3.63) is 54.1 Å². The van der Waals surface area contributed by atoms with Crippen LogP contribution in [0.5, 0.6) is 11.5 Å². The average Bonchev–Trinajstić information content (AvgIpc) is 2.84. The molecule has 1 aliphatic heterocycles. The van der Waals surface area contributed by atoms with Gasteiger partial charge in [-0.2, -0.15) is 0 Å². The van der Waals surface area contributed by atoms with Gasteiger partial charge >= 0.3 is 0 Å². The van der Waals surface area contributed by atoms with Crippen LogP contribution in [0, 0.1) is 0 Å². The maximum absolute atomic E-state index is 12.5. The minimum atomic E-state index is -0.147. The molecule has 3 rings (SSSR count). The first-order chi connectivity index (χ1) is 15.7. The summed E-state index contributed by atoms with van der Waals surface area (Å²) in [6.45, 7) is 4.49. The molecule has 0 unspecified atom stereocenters. The van der Waals surface area contributed by atoms with E-state index in [2.05, 4.69) is 17.4 Å². The van der Waals surface area contributed by atoms with Gasteiger partial charge in [-0.15, -0.1) is 11.8 Å². The van der Waals surface area contributed by atoms with Gasteiger partial charge in [0.2, 0.25) is 0 Å². The van der Waals surface area contributed by atoms with Crippen molar-refractivity contribution in [3.8, 4) is 11.5 Å². The Bertz CT molecular complexity index is 870. The fourth-order valence-electron chi connectivity index (χ4n) is 3.49. The fourth-order valence-corrected chi connectivity index (χ4v) is 4.37. The molecule has 0 aliphatic carbocycles. The molecular formula is C25H32N2O4S. The van der Waals surface area contributed by atoms with Crippen molar-refractivity contribution >= 4 is 23.6 Å². The molecule has 0 bridgehead atoms. The van der Waals surface area contributed by atoms with E-state index in [1.165, 1.54) is 11.3 Å². The summed E-state index contributed by atoms with van der Waals surface area (Å²) in [7, 11) is 0. The first kappa shape index (κ1) is 24.0. The van der Waals surface area contributed by atoms with Gasteiger partial charge in [0, 0.05) is 30.1 Å². The number of hydrogen-bond donors (Lipinski definition) is 1. The Morgan fingerprint density at radius 2 is 1.78 bits per heavy atom. The Morgan fingerprint density at radius 3 is 2.53 bits per heavy atom. The second-order valence-electron chi connectivity index (χ2n) is 7.60. The molecule has 1 N–H and O–H groups in total. The first-order valence-corrected chi connectivity index (χ1v) is 12.3. The van der Waals surface area contributed by atoms with E-state index in [0.717, 1.165) is 38.1 Å². The van der Waals surface area contributed by atoms with Gasteiger partial charge in [-0.1, -0.05) is 18.2 Å². The van der Waals surface area contributed by atoms with Crippen LogP contribution < -0.4 is 14.8 Å². The van der Waals surface area contributed by atoms with Crippen LogP contribution in [-0.2, 0) is 4.79 Å². The number of nitrogens with one attached hydrogen (secondary N) is 1. The average molecular weight is 457 g/mol. The van der Waals surface area contributed by atoms with E-state index in [4.69, 9.17) is 9.47 Å². The smallest absolute Gasteiger partial charge is 0.260 e. The van der Waals surface area contributed by atoms with E-state index in [1.54, 1.807) is 30.0 Å². The predicted octanol–water partition coefficient (Wildman–Crippen LogP) is 4.39. The molecule has 2 aromatic rings. The number of nitrogens with zero attached hydrogens (tertiary/aromatic N) is 1. The minimum Gasteiger partial charge on any atom is -0.490 e. The lowest BCUT2D eigenvalue weighted by Crippen LogP contribution is -2.38. The number of carbonyl (C=O) groups excluding carboxylic acids is 2. The highest BCUT2D eigenvalue weighted by molar-refractivity contribution is 7.99. The molecule has 1 heterocycles. The zero-order chi connectivity index (χ0) is 22.6. The topological polar surface area (TPSA) is 67.9 Å². The van der Waals surface area contributed by atoms with Gasteiger partial charge in [-0.25, -0.2) is 0 Å². The zero-order valence-corrected chi connectivity index (χ0v) is 19.5. The largest absolute Gasteiger partial charge is 0.490 e. The lowest BCUT2D eigenvalue weighted by Gasteiger charge is -2.26. The molecule has 2 amide bonds. The third kappa shape index (κ3) is 7.48. The van der Waals surface area contributed by atoms with E-state index < -0.39 is 0 Å². The number of piperidine rings is 1. The molecular weight excluding hydrogens is 424 g/mol. The molecule has 6 nitrogen and oxygen atoms in total. The van der Waals surface area contributed by atoms with Gasteiger partial charge in [0.25, 0.3) is 11.8 Å². The molecule has 0 radical (unpaired) electrons. The molecule has 7 heteroatoms. The fraction of sp³-hybridized carbons (Fsp3) is 0.440. The maximum atomic E-state index is 12.5. The maximum Gasteiger partial charge on any atom is 0.260 e. The van der Waals surface area contributed by atoms with E-state index in [1.807, 2.05) is 30.0 Å². The number of ether oxygens (including phenoxy) is 2. The van der Waals surface area contributed by atoms with Gasteiger partial charge in [0.05, 0.1) is 6.61 Å². The summed E-state index contributed by atoms with van der Waals surface area (Å²) in [6.07, 6.45) is 4.15. The van der Waals surface area contributed by atoms with Crippen LogP contribution in [0.25, 0.3) is 0 Å². The monoisotopic (exact) mass is 456 g/mol. The van der Waals surface area contributed by atoms with Gasteiger partial charge in [0.1, 0.15) is 0 Å². The van der Waals surface area contributed by atoms with Crippen molar-refractivity contribution in [2.24, 2.45) is 0 Å². The quantitative estimate of drug-likeness (QED) is 0.401. The standard InChI is InChI=1S/C25H32N2O4S/c1-2-30-23-18-20(25(29)26-14-9-17-32-21-10-5-3-6-11-21)12-13-22(23)31-19-24(28)27-15-7-4-8-16-27/h3,5-6,10-13,18H,2,4,7-9,14-17,19H2,1H3,(H,26,29). The summed E-state index contributed by atoms with van der Waals surface area (Å²) >= 11 is 1.78. The summed E-state index contributed by atoms with van der Waals surface area (Å²) in [6, 6.07) is 15.3. The van der Waals surface area contributed by atoms with E-state index >= 15 is 0 Å². The molecule has 1 saturated heterocycles. The van der Waals surface area contributed by atoms with Gasteiger partial charge < -0.3 is 19.7 Å². The van der Waals surface area contributed by atoms with E-state index in [-0.39, 0.29) is 18.4 Å². The van der Waals surface area contributed by atoms with E-state index in [0.29, 0.717) is 30.2 Å². The molecule has 0 spiro atoms. The van der Waals surface area contributed by atoms with E-state index in [9.17, 15) is 9.59 Å². The number of likely N-dealkylation sites (tertiary alicyclic amines) is 1. The number of carbonyl (C=O) groups is 2. The Morgan fingerprint density at radius 1 is 1.00 bits per heavy atom. The summed E-state index contributed by atoms with van der Waals surface area (Å²) in [5, 5.41) is 2.96. The first-order valence-electron chi connectivity index (χ1n) is 11.3. The summed E-state index contributed by atoms with van der Waals surface area (Å²) in [4.78, 5) is 28.0. The molecule has 0 saturated carbocycles. The van der Waals surface area contributed by atoms with Gasteiger partial charge in [-0.05, 0) is 68.7 Å². The number of benzene rings is 2. The third-order valence-corrected chi connectivity index (χ3v) is 6.28.